The van der Waals surface area contributed by atoms with Crippen molar-refractivity contribution in [2.75, 3.05) is 19.5 Å². The Morgan fingerprint density at radius 2 is 2.04 bits per heavy atom. The van der Waals surface area contributed by atoms with Gasteiger partial charge in [0.15, 0.2) is 5.13 Å². The van der Waals surface area contributed by atoms with Crippen molar-refractivity contribution in [3.05, 3.63) is 34.8 Å². The highest BCUT2D eigenvalue weighted by Crippen LogP contribution is 2.25. The second kappa shape index (κ2) is 7.59. The van der Waals surface area contributed by atoms with E-state index >= 15 is 0 Å². The Hall–Kier alpha value is -2.61. The first-order valence-electron chi connectivity index (χ1n) is 6.64. The number of rotatable bonds is 6. The maximum Gasteiger partial charge on any atom is 0.342 e. The third-order valence-corrected chi connectivity index (χ3v) is 3.62. The van der Waals surface area contributed by atoms with Crippen molar-refractivity contribution >= 4 is 28.3 Å². The number of ether oxygens (including phenoxy) is 3. The number of amides is 1. The van der Waals surface area contributed by atoms with E-state index in [1.54, 1.807) is 23.6 Å². The monoisotopic (exact) mass is 336 g/mol. The third-order valence-electron chi connectivity index (χ3n) is 2.81. The number of thiazole rings is 1. The summed E-state index contributed by atoms with van der Waals surface area (Å²) in [4.78, 5) is 27.2. The molecule has 0 aliphatic heterocycles. The summed E-state index contributed by atoms with van der Waals surface area (Å²) in [5, 5.41) is 4.75. The molecule has 1 N–H and O–H groups in total. The highest BCUT2D eigenvalue weighted by molar-refractivity contribution is 7.13. The number of carbonyl (C=O) groups is 2. The molecule has 0 unspecified atom stereocenters. The normalized spacial score (nSPS) is 10.0. The fraction of sp³-hybridized carbons (Fsp3) is 0.267. The van der Waals surface area contributed by atoms with Crippen LogP contribution in [0.5, 0.6) is 11.5 Å². The Morgan fingerprint density at radius 1 is 1.26 bits per heavy atom. The Morgan fingerprint density at radius 3 is 2.70 bits per heavy atom. The Bertz CT molecular complexity index is 714. The molecule has 0 spiro atoms. The summed E-state index contributed by atoms with van der Waals surface area (Å²) in [6.07, 6.45) is 0. The van der Waals surface area contributed by atoms with E-state index in [0.717, 1.165) is 0 Å². The van der Waals surface area contributed by atoms with E-state index in [1.807, 2.05) is 0 Å². The maximum absolute atomic E-state index is 12.1. The Labute approximate surface area is 137 Å². The first-order chi connectivity index (χ1) is 11.0. The number of carbonyl (C=O) groups excluding carboxylic acids is 2. The average molecular weight is 336 g/mol. The number of esters is 1. The van der Waals surface area contributed by atoms with Gasteiger partial charge in [0.25, 0.3) is 0 Å². The standard InChI is InChI=1S/C15H16N2O5S/c1-9(18)16-15-17-10(8-23-15)7-22-14(19)12-5-4-11(20-2)6-13(12)21-3/h4-6,8H,7H2,1-3H3,(H,16,17,18). The van der Waals surface area contributed by atoms with Crippen molar-refractivity contribution in [1.82, 2.24) is 4.98 Å². The maximum atomic E-state index is 12.1. The van der Waals surface area contributed by atoms with Crippen LogP contribution in [-0.4, -0.2) is 31.1 Å². The van der Waals surface area contributed by atoms with Crippen LogP contribution in [0.3, 0.4) is 0 Å². The number of nitrogens with zero attached hydrogens (tertiary/aromatic N) is 1. The molecule has 1 heterocycles. The quantitative estimate of drug-likeness (QED) is 0.816. The summed E-state index contributed by atoms with van der Waals surface area (Å²) in [7, 11) is 2.99. The van der Waals surface area contributed by atoms with Gasteiger partial charge in [-0.15, -0.1) is 11.3 Å². The van der Waals surface area contributed by atoms with E-state index in [4.69, 9.17) is 14.2 Å². The van der Waals surface area contributed by atoms with Gasteiger partial charge in [-0.25, -0.2) is 9.78 Å². The summed E-state index contributed by atoms with van der Waals surface area (Å²) < 4.78 is 15.5. The molecule has 0 bridgehead atoms. The number of aromatic nitrogens is 1. The van der Waals surface area contributed by atoms with Crippen LogP contribution in [0.15, 0.2) is 23.6 Å². The summed E-state index contributed by atoms with van der Waals surface area (Å²) in [5.41, 5.74) is 0.852. The highest BCUT2D eigenvalue weighted by atomic mass is 32.1. The van der Waals surface area contributed by atoms with E-state index in [-0.39, 0.29) is 12.5 Å². The van der Waals surface area contributed by atoms with Crippen molar-refractivity contribution in [2.45, 2.75) is 13.5 Å². The molecule has 1 aromatic heterocycles. The van der Waals surface area contributed by atoms with E-state index in [9.17, 15) is 9.59 Å². The first-order valence-corrected chi connectivity index (χ1v) is 7.52. The molecule has 23 heavy (non-hydrogen) atoms. The van der Waals surface area contributed by atoms with E-state index in [1.165, 1.54) is 32.5 Å². The topological polar surface area (TPSA) is 86.8 Å². The number of anilines is 1. The first kappa shape index (κ1) is 16.8. The number of hydrogen-bond acceptors (Lipinski definition) is 7. The lowest BCUT2D eigenvalue weighted by molar-refractivity contribution is -0.114. The van der Waals surface area contributed by atoms with E-state index in [0.29, 0.717) is 27.9 Å². The zero-order valence-electron chi connectivity index (χ0n) is 12.9. The van der Waals surface area contributed by atoms with Crippen LogP contribution in [0.1, 0.15) is 23.0 Å². The number of nitrogens with one attached hydrogen (secondary N) is 1. The second-order valence-electron chi connectivity index (χ2n) is 4.47. The molecule has 0 aliphatic rings. The number of benzene rings is 1. The molecule has 0 aliphatic carbocycles. The Kier molecular flexibility index (Phi) is 5.53. The van der Waals surface area contributed by atoms with Gasteiger partial charge >= 0.3 is 5.97 Å². The van der Waals surface area contributed by atoms with Gasteiger partial charge in [-0.2, -0.15) is 0 Å². The zero-order chi connectivity index (χ0) is 16.8. The SMILES string of the molecule is COc1ccc(C(=O)OCc2csc(NC(C)=O)n2)c(OC)c1. The van der Waals surface area contributed by atoms with Gasteiger partial charge in [0.05, 0.1) is 19.9 Å². The molecular weight excluding hydrogens is 320 g/mol. The third kappa shape index (κ3) is 4.43. The molecule has 122 valence electrons. The van der Waals surface area contributed by atoms with Crippen LogP contribution in [0.2, 0.25) is 0 Å². The molecule has 0 saturated carbocycles. The molecule has 1 amide bonds. The van der Waals surface area contributed by atoms with Crippen molar-refractivity contribution in [3.63, 3.8) is 0 Å². The van der Waals surface area contributed by atoms with E-state index in [2.05, 4.69) is 10.3 Å². The zero-order valence-corrected chi connectivity index (χ0v) is 13.7. The van der Waals surface area contributed by atoms with Crippen molar-refractivity contribution in [1.29, 1.82) is 0 Å². The average Bonchev–Trinajstić information content (AvgIpc) is 2.98. The molecule has 8 heteroatoms. The molecule has 0 radical (unpaired) electrons. The minimum atomic E-state index is -0.529. The predicted molar refractivity (Wildman–Crippen MR) is 85.1 cm³/mol. The van der Waals surface area contributed by atoms with E-state index < -0.39 is 5.97 Å². The summed E-state index contributed by atoms with van der Waals surface area (Å²) in [6.45, 7) is 1.40. The van der Waals surface area contributed by atoms with Gasteiger partial charge in [0.2, 0.25) is 5.91 Å². The van der Waals surface area contributed by atoms with Gasteiger partial charge in [-0.1, -0.05) is 0 Å². The van der Waals surface area contributed by atoms with Crippen LogP contribution in [0.25, 0.3) is 0 Å². The van der Waals surface area contributed by atoms with Gasteiger partial charge in [-0.05, 0) is 12.1 Å². The smallest absolute Gasteiger partial charge is 0.342 e. The molecule has 2 rings (SSSR count). The summed E-state index contributed by atoms with van der Waals surface area (Å²) in [5.74, 6) is 0.217. The second-order valence-corrected chi connectivity index (χ2v) is 5.33. The van der Waals surface area contributed by atoms with Gasteiger partial charge in [-0.3, -0.25) is 4.79 Å². The molecule has 1 aromatic carbocycles. The molecular formula is C15H16N2O5S. The molecule has 0 fully saturated rings. The summed E-state index contributed by atoms with van der Waals surface area (Å²) >= 11 is 1.26. The Balaban J connectivity index is 2.02. The van der Waals surface area contributed by atoms with Crippen LogP contribution in [-0.2, 0) is 16.1 Å². The minimum absolute atomic E-state index is 0.00407. The lowest BCUT2D eigenvalue weighted by atomic mass is 10.2. The molecule has 0 atom stereocenters. The van der Waals surface area contributed by atoms with Gasteiger partial charge in [0, 0.05) is 18.4 Å². The minimum Gasteiger partial charge on any atom is -0.497 e. The van der Waals surface area contributed by atoms with Crippen LogP contribution < -0.4 is 14.8 Å². The van der Waals surface area contributed by atoms with Gasteiger partial charge in [0.1, 0.15) is 23.7 Å². The largest absolute Gasteiger partial charge is 0.497 e. The predicted octanol–water partition coefficient (Wildman–Crippen LogP) is 2.48. The fourth-order valence-electron chi connectivity index (χ4n) is 1.77. The van der Waals surface area contributed by atoms with Gasteiger partial charge < -0.3 is 19.5 Å². The molecule has 2 aromatic rings. The fourth-order valence-corrected chi connectivity index (χ4v) is 2.51. The van der Waals surface area contributed by atoms with Crippen LogP contribution >= 0.6 is 11.3 Å². The lowest BCUT2D eigenvalue weighted by Crippen LogP contribution is -2.08. The number of hydrogen-bond donors (Lipinski definition) is 1. The molecule has 0 saturated heterocycles. The van der Waals surface area contributed by atoms with Crippen molar-refractivity contribution in [3.8, 4) is 11.5 Å². The van der Waals surface area contributed by atoms with Crippen molar-refractivity contribution < 1.29 is 23.8 Å². The van der Waals surface area contributed by atoms with Crippen LogP contribution in [0.4, 0.5) is 5.13 Å². The highest BCUT2D eigenvalue weighted by Gasteiger charge is 2.15. The number of methoxy groups -OCH3 is 2. The van der Waals surface area contributed by atoms with Crippen LogP contribution in [0, 0.1) is 0 Å². The lowest BCUT2D eigenvalue weighted by Gasteiger charge is -2.09. The summed E-state index contributed by atoms with van der Waals surface area (Å²) in [6, 6.07) is 4.83. The van der Waals surface area contributed by atoms with Crippen molar-refractivity contribution in [2.24, 2.45) is 0 Å². The molecule has 7 nitrogen and oxygen atoms in total.